The Hall–Kier alpha value is -4.09. The summed E-state index contributed by atoms with van der Waals surface area (Å²) < 4.78 is 29.4. The van der Waals surface area contributed by atoms with Gasteiger partial charge in [-0.25, -0.2) is 9.37 Å². The maximum Gasteiger partial charge on any atom is 0.258 e. The Bertz CT molecular complexity index is 1790. The number of aryl methyl sites for hydroxylation is 2. The van der Waals surface area contributed by atoms with Gasteiger partial charge in [0.05, 0.1) is 53.8 Å². The van der Waals surface area contributed by atoms with Crippen molar-refractivity contribution in [1.29, 1.82) is 0 Å². The number of aromatic nitrogens is 4. The molecule has 0 saturated carbocycles. The van der Waals surface area contributed by atoms with Crippen LogP contribution < -0.4 is 15.0 Å². The van der Waals surface area contributed by atoms with Gasteiger partial charge in [-0.15, -0.1) is 0 Å². The van der Waals surface area contributed by atoms with Crippen LogP contribution in [0.15, 0.2) is 42.7 Å². The van der Waals surface area contributed by atoms with Gasteiger partial charge >= 0.3 is 0 Å². The lowest BCUT2D eigenvalue weighted by Crippen LogP contribution is -2.55. The fourth-order valence-electron chi connectivity index (χ4n) is 7.76. The third-order valence-electron chi connectivity index (χ3n) is 10.8. The lowest BCUT2D eigenvalue weighted by Gasteiger charge is -2.50. The van der Waals surface area contributed by atoms with E-state index in [1.807, 2.05) is 23.6 Å². The Labute approximate surface area is 274 Å². The average Bonchev–Trinajstić information content (AvgIpc) is 3.37. The molecule has 4 aliphatic rings. The monoisotopic (exact) mass is 639 g/mol. The van der Waals surface area contributed by atoms with Crippen molar-refractivity contribution in [2.75, 3.05) is 56.2 Å². The third kappa shape index (κ3) is 5.95. The number of imidazole rings is 1. The van der Waals surface area contributed by atoms with Crippen molar-refractivity contribution in [3.8, 4) is 17.0 Å². The molecule has 0 atom stereocenters. The minimum atomic E-state index is -0.299. The molecule has 47 heavy (non-hydrogen) atoms. The van der Waals surface area contributed by atoms with Crippen LogP contribution in [-0.2, 0) is 11.3 Å². The van der Waals surface area contributed by atoms with Gasteiger partial charge in [0.2, 0.25) is 5.95 Å². The molecule has 1 amide bonds. The number of hydrogen-bond donors (Lipinski definition) is 1. The van der Waals surface area contributed by atoms with E-state index in [0.29, 0.717) is 64.5 Å². The van der Waals surface area contributed by atoms with Gasteiger partial charge in [0.25, 0.3) is 5.91 Å². The molecule has 11 heteroatoms. The SMILES string of the molecule is Cc1cc2cc(n1)-c1cnccc1OCCCCCn1c(nc3cc(F)c(N4CCC5(CC4)CCN(C4COC4)CC5)cc31)NC2=O. The van der Waals surface area contributed by atoms with Crippen LogP contribution in [-0.4, -0.2) is 82.4 Å². The average molecular weight is 640 g/mol. The van der Waals surface area contributed by atoms with E-state index in [1.54, 1.807) is 24.5 Å². The lowest BCUT2D eigenvalue weighted by molar-refractivity contribution is -0.0834. The molecule has 1 aromatic carbocycles. The number of nitrogens with zero attached hydrogens (tertiary/aromatic N) is 6. The summed E-state index contributed by atoms with van der Waals surface area (Å²) in [6.45, 7) is 8.76. The molecule has 0 unspecified atom stereocenters. The van der Waals surface area contributed by atoms with Gasteiger partial charge in [-0.05, 0) is 94.6 Å². The maximum atomic E-state index is 15.8. The highest BCUT2D eigenvalue weighted by Gasteiger charge is 2.40. The van der Waals surface area contributed by atoms with E-state index in [0.717, 1.165) is 82.6 Å². The summed E-state index contributed by atoms with van der Waals surface area (Å²) in [5, 5.41) is 3.05. The molecule has 4 aromatic rings. The first kappa shape index (κ1) is 30.3. The third-order valence-corrected chi connectivity index (χ3v) is 10.8. The van der Waals surface area contributed by atoms with E-state index >= 15 is 4.39 Å². The second kappa shape index (κ2) is 12.5. The van der Waals surface area contributed by atoms with Crippen LogP contribution in [0, 0.1) is 18.2 Å². The summed E-state index contributed by atoms with van der Waals surface area (Å²) in [4.78, 5) is 32.2. The number of fused-ring (bicyclic) bond motifs is 7. The summed E-state index contributed by atoms with van der Waals surface area (Å²) in [5.74, 6) is 0.557. The van der Waals surface area contributed by atoms with Crippen molar-refractivity contribution in [3.63, 3.8) is 0 Å². The molecule has 2 bridgehead atoms. The first-order chi connectivity index (χ1) is 22.9. The number of rotatable bonds is 2. The predicted molar refractivity (Wildman–Crippen MR) is 178 cm³/mol. The molecule has 8 rings (SSSR count). The number of likely N-dealkylation sites (tertiary alicyclic amines) is 1. The van der Waals surface area contributed by atoms with Crippen LogP contribution in [0.25, 0.3) is 22.3 Å². The number of carbonyl (C=O) groups is 1. The highest BCUT2D eigenvalue weighted by atomic mass is 19.1. The molecule has 7 heterocycles. The van der Waals surface area contributed by atoms with E-state index in [4.69, 9.17) is 14.5 Å². The van der Waals surface area contributed by atoms with Crippen molar-refractivity contribution in [1.82, 2.24) is 24.4 Å². The van der Waals surface area contributed by atoms with Gasteiger partial charge < -0.3 is 18.9 Å². The van der Waals surface area contributed by atoms with E-state index in [1.165, 1.54) is 18.9 Å². The second-order valence-corrected chi connectivity index (χ2v) is 13.7. The van der Waals surface area contributed by atoms with Gasteiger partial charge in [0.15, 0.2) is 0 Å². The van der Waals surface area contributed by atoms with Crippen molar-refractivity contribution in [2.45, 2.75) is 64.5 Å². The van der Waals surface area contributed by atoms with E-state index in [-0.39, 0.29) is 11.7 Å². The molecule has 10 nitrogen and oxygen atoms in total. The number of piperidine rings is 2. The minimum absolute atomic E-state index is 0.267. The van der Waals surface area contributed by atoms with Crippen LogP contribution in [0.4, 0.5) is 16.0 Å². The quantitative estimate of drug-likeness (QED) is 0.293. The van der Waals surface area contributed by atoms with Gasteiger partial charge in [0.1, 0.15) is 11.6 Å². The summed E-state index contributed by atoms with van der Waals surface area (Å²) >= 11 is 0. The largest absolute Gasteiger partial charge is 0.493 e. The highest BCUT2D eigenvalue weighted by Crippen LogP contribution is 2.43. The molecule has 0 aliphatic carbocycles. The molecular formula is C36H42FN7O3. The van der Waals surface area contributed by atoms with E-state index < -0.39 is 0 Å². The van der Waals surface area contributed by atoms with E-state index in [9.17, 15) is 4.79 Å². The van der Waals surface area contributed by atoms with Crippen LogP contribution in [0.2, 0.25) is 0 Å². The second-order valence-electron chi connectivity index (χ2n) is 13.7. The predicted octanol–water partition coefficient (Wildman–Crippen LogP) is 5.84. The fourth-order valence-corrected chi connectivity index (χ4v) is 7.76. The number of ether oxygens (including phenoxy) is 2. The first-order valence-electron chi connectivity index (χ1n) is 17.1. The van der Waals surface area contributed by atoms with Crippen molar-refractivity contribution >= 4 is 28.6 Å². The lowest BCUT2D eigenvalue weighted by atomic mass is 9.71. The zero-order valence-corrected chi connectivity index (χ0v) is 27.0. The smallest absolute Gasteiger partial charge is 0.258 e. The molecular weight excluding hydrogens is 597 g/mol. The fraction of sp³-hybridized carbons (Fsp3) is 0.500. The van der Waals surface area contributed by atoms with Crippen LogP contribution in [0.5, 0.6) is 5.75 Å². The zero-order chi connectivity index (χ0) is 32.0. The molecule has 3 fully saturated rings. The summed E-state index contributed by atoms with van der Waals surface area (Å²) in [5.41, 5.74) is 4.87. The number of benzene rings is 1. The van der Waals surface area contributed by atoms with Crippen LogP contribution in [0.3, 0.4) is 0 Å². The topological polar surface area (TPSA) is 97.6 Å². The number of pyridine rings is 2. The summed E-state index contributed by atoms with van der Waals surface area (Å²) in [6, 6.07) is 9.43. The first-order valence-corrected chi connectivity index (χ1v) is 17.1. The summed E-state index contributed by atoms with van der Waals surface area (Å²) in [6.07, 6.45) is 10.6. The van der Waals surface area contributed by atoms with Crippen LogP contribution >= 0.6 is 0 Å². The Kier molecular flexibility index (Phi) is 8.05. The molecule has 3 aromatic heterocycles. The molecule has 246 valence electrons. The Balaban J connectivity index is 1.06. The van der Waals surface area contributed by atoms with Crippen molar-refractivity contribution in [3.05, 3.63) is 59.8 Å². The number of anilines is 2. The molecule has 3 saturated heterocycles. The number of carbonyl (C=O) groups excluding carboxylic acids is 1. The normalized spacial score (nSPS) is 20.8. The number of amides is 1. The van der Waals surface area contributed by atoms with Crippen molar-refractivity contribution < 1.29 is 18.7 Å². The number of nitrogens with one attached hydrogen (secondary N) is 1. The maximum absolute atomic E-state index is 15.8. The van der Waals surface area contributed by atoms with Gasteiger partial charge in [-0.2, -0.15) is 0 Å². The van der Waals surface area contributed by atoms with Crippen molar-refractivity contribution in [2.24, 2.45) is 5.41 Å². The van der Waals surface area contributed by atoms with Gasteiger partial charge in [-0.1, -0.05) is 0 Å². The highest BCUT2D eigenvalue weighted by molar-refractivity contribution is 6.05. The number of hydrogen-bond acceptors (Lipinski definition) is 8. The van der Waals surface area contributed by atoms with Gasteiger partial charge in [0, 0.05) is 49.4 Å². The molecule has 1 N–H and O–H groups in total. The van der Waals surface area contributed by atoms with Crippen LogP contribution in [0.1, 0.15) is 61.0 Å². The molecule has 1 spiro atoms. The number of halogens is 1. The molecule has 0 radical (unpaired) electrons. The molecule has 4 aliphatic heterocycles. The Morgan fingerprint density at radius 2 is 1.77 bits per heavy atom. The summed E-state index contributed by atoms with van der Waals surface area (Å²) in [7, 11) is 0. The van der Waals surface area contributed by atoms with Gasteiger partial charge in [-0.3, -0.25) is 25.0 Å². The minimum Gasteiger partial charge on any atom is -0.493 e. The van der Waals surface area contributed by atoms with E-state index in [2.05, 4.69) is 25.1 Å². The zero-order valence-electron chi connectivity index (χ0n) is 27.0. The Morgan fingerprint density at radius 3 is 2.55 bits per heavy atom. The Morgan fingerprint density at radius 1 is 0.957 bits per heavy atom. The standard InChI is InChI=1S/C36H42FN7O3/c1-24-17-25-18-29(39-24)27-21-38-10-5-33(27)47-16-4-2-3-11-44-32-20-31(28(37)19-30(32)40-35(44)41-34(25)45)43-14-8-36(9-15-43)6-12-42(13-7-36)26-22-46-23-26/h5,10,17-21,26H,2-4,6-9,11-16,22-23H2,1H3,(H,40,41,45).